The molecule has 0 saturated carbocycles. The fourth-order valence-corrected chi connectivity index (χ4v) is 8.96. The molecular formula is C53H108O. The molecule has 0 rings (SSSR count). The second-order valence-electron chi connectivity index (χ2n) is 19.0. The van der Waals surface area contributed by atoms with Crippen LogP contribution in [-0.2, 0) is 0 Å². The van der Waals surface area contributed by atoms with Gasteiger partial charge in [-0.25, -0.2) is 0 Å². The number of aliphatic hydroxyl groups excluding tert-OH is 1. The van der Waals surface area contributed by atoms with Crippen LogP contribution >= 0.6 is 0 Å². The van der Waals surface area contributed by atoms with Gasteiger partial charge in [-0.3, -0.25) is 0 Å². The molecule has 1 heteroatoms. The first kappa shape index (κ1) is 54.0. The predicted molar refractivity (Wildman–Crippen MR) is 248 cm³/mol. The number of hydrogen-bond acceptors (Lipinski definition) is 1. The average Bonchev–Trinajstić information content (AvgIpc) is 3.18. The van der Waals surface area contributed by atoms with Crippen molar-refractivity contribution in [3.8, 4) is 0 Å². The maximum atomic E-state index is 10.1. The van der Waals surface area contributed by atoms with Crippen molar-refractivity contribution in [2.45, 2.75) is 329 Å². The monoisotopic (exact) mass is 761 g/mol. The highest BCUT2D eigenvalue weighted by Gasteiger charge is 2.22. The second kappa shape index (κ2) is 47.3. The first-order valence-corrected chi connectivity index (χ1v) is 26.3. The van der Waals surface area contributed by atoms with Crippen molar-refractivity contribution in [1.82, 2.24) is 0 Å². The summed E-state index contributed by atoms with van der Waals surface area (Å²) in [5.41, 5.74) is 0.167. The Morgan fingerprint density at radius 3 is 0.481 bits per heavy atom. The van der Waals surface area contributed by atoms with Crippen molar-refractivity contribution in [1.29, 1.82) is 0 Å². The van der Waals surface area contributed by atoms with Gasteiger partial charge in [0.25, 0.3) is 0 Å². The quantitative estimate of drug-likeness (QED) is 0.0612. The van der Waals surface area contributed by atoms with Crippen LogP contribution in [0.15, 0.2) is 0 Å². The molecule has 0 amide bonds. The van der Waals surface area contributed by atoms with E-state index in [0.29, 0.717) is 6.61 Å². The van der Waals surface area contributed by atoms with E-state index in [2.05, 4.69) is 20.8 Å². The fourth-order valence-electron chi connectivity index (χ4n) is 8.96. The van der Waals surface area contributed by atoms with Crippen LogP contribution in [0, 0.1) is 5.41 Å². The van der Waals surface area contributed by atoms with E-state index in [9.17, 15) is 5.11 Å². The van der Waals surface area contributed by atoms with Gasteiger partial charge in [0.15, 0.2) is 0 Å². The van der Waals surface area contributed by atoms with E-state index in [1.54, 1.807) is 0 Å². The van der Waals surface area contributed by atoms with Crippen LogP contribution in [0.25, 0.3) is 0 Å². The van der Waals surface area contributed by atoms with Gasteiger partial charge in [-0.2, -0.15) is 0 Å². The third-order valence-corrected chi connectivity index (χ3v) is 13.1. The summed E-state index contributed by atoms with van der Waals surface area (Å²) in [6.45, 7) is 7.35. The molecule has 0 heterocycles. The van der Waals surface area contributed by atoms with Crippen molar-refractivity contribution in [2.75, 3.05) is 6.61 Å². The number of rotatable bonds is 49. The molecule has 326 valence electrons. The summed E-state index contributed by atoms with van der Waals surface area (Å²) in [4.78, 5) is 0. The Bertz CT molecular complexity index is 643. The summed E-state index contributed by atoms with van der Waals surface area (Å²) in [6, 6.07) is 0. The molecule has 0 aromatic carbocycles. The van der Waals surface area contributed by atoms with Crippen LogP contribution in [0.5, 0.6) is 0 Å². The smallest absolute Gasteiger partial charge is 0.0484 e. The molecule has 0 aromatic rings. The van der Waals surface area contributed by atoms with Gasteiger partial charge < -0.3 is 5.11 Å². The normalized spacial score (nSPS) is 12.9. The summed E-state index contributed by atoms with van der Waals surface area (Å²) in [6.07, 6.45) is 69.1. The molecule has 1 N–H and O–H groups in total. The molecule has 1 unspecified atom stereocenters. The van der Waals surface area contributed by atoms with Crippen LogP contribution in [0.4, 0.5) is 0 Å². The van der Waals surface area contributed by atoms with Crippen molar-refractivity contribution in [2.24, 2.45) is 5.41 Å². The van der Waals surface area contributed by atoms with Crippen molar-refractivity contribution in [3.63, 3.8) is 0 Å². The molecule has 0 spiro atoms. The maximum absolute atomic E-state index is 10.1. The zero-order valence-corrected chi connectivity index (χ0v) is 38.6. The van der Waals surface area contributed by atoms with Gasteiger partial charge in [0.1, 0.15) is 0 Å². The molecule has 0 aliphatic carbocycles. The van der Waals surface area contributed by atoms with Gasteiger partial charge in [0.2, 0.25) is 0 Å². The lowest BCUT2D eigenvalue weighted by molar-refractivity contribution is 0.116. The summed E-state index contributed by atoms with van der Waals surface area (Å²) >= 11 is 0. The van der Waals surface area contributed by atoms with E-state index in [1.807, 2.05) is 0 Å². The van der Waals surface area contributed by atoms with E-state index < -0.39 is 0 Å². The minimum atomic E-state index is 0.167. The summed E-state index contributed by atoms with van der Waals surface area (Å²) in [7, 11) is 0. The highest BCUT2D eigenvalue weighted by molar-refractivity contribution is 4.73. The third-order valence-electron chi connectivity index (χ3n) is 13.1. The highest BCUT2D eigenvalue weighted by Crippen LogP contribution is 2.31. The average molecular weight is 761 g/mol. The minimum absolute atomic E-state index is 0.167. The first-order valence-electron chi connectivity index (χ1n) is 26.3. The van der Waals surface area contributed by atoms with Crippen molar-refractivity contribution in [3.05, 3.63) is 0 Å². The zero-order valence-electron chi connectivity index (χ0n) is 38.6. The number of aliphatic hydroxyl groups is 1. The Balaban J connectivity index is 3.32. The Morgan fingerprint density at radius 2 is 0.352 bits per heavy atom. The Hall–Kier alpha value is -0.0400. The van der Waals surface area contributed by atoms with Crippen LogP contribution in [0.2, 0.25) is 0 Å². The largest absolute Gasteiger partial charge is 0.396 e. The molecule has 0 aromatic heterocycles. The molecule has 54 heavy (non-hydrogen) atoms. The topological polar surface area (TPSA) is 20.2 Å². The van der Waals surface area contributed by atoms with E-state index in [-0.39, 0.29) is 5.41 Å². The summed E-state index contributed by atoms with van der Waals surface area (Å²) in [5.74, 6) is 0. The summed E-state index contributed by atoms with van der Waals surface area (Å²) in [5, 5.41) is 10.1. The van der Waals surface area contributed by atoms with Crippen molar-refractivity contribution >= 4 is 0 Å². The standard InChI is InChI=1S/C53H108O/c1-4-6-8-10-12-14-16-18-20-22-24-26-28-29-31-33-35-37-39-41-43-45-47-49-51-53(3,52-54)50-48-46-44-42-40-38-36-34-32-30-27-25-23-21-19-17-15-13-11-9-7-5-2/h54H,4-52H2,1-3H3. The van der Waals surface area contributed by atoms with Crippen LogP contribution in [-0.4, -0.2) is 11.7 Å². The lowest BCUT2D eigenvalue weighted by Crippen LogP contribution is -2.21. The van der Waals surface area contributed by atoms with Crippen LogP contribution in [0.3, 0.4) is 0 Å². The van der Waals surface area contributed by atoms with Gasteiger partial charge in [-0.15, -0.1) is 0 Å². The molecular weight excluding hydrogens is 653 g/mol. The van der Waals surface area contributed by atoms with Gasteiger partial charge >= 0.3 is 0 Å². The molecule has 0 aliphatic heterocycles. The van der Waals surface area contributed by atoms with Gasteiger partial charge in [-0.05, 0) is 18.3 Å². The van der Waals surface area contributed by atoms with E-state index >= 15 is 0 Å². The zero-order chi connectivity index (χ0) is 39.1. The minimum Gasteiger partial charge on any atom is -0.396 e. The predicted octanol–water partition coefficient (Wildman–Crippen LogP) is 19.7. The fraction of sp³-hybridized carbons (Fsp3) is 1.00. The second-order valence-corrected chi connectivity index (χ2v) is 19.0. The first-order chi connectivity index (χ1) is 26.7. The molecule has 1 atom stereocenters. The lowest BCUT2D eigenvalue weighted by Gasteiger charge is -2.27. The molecule has 1 nitrogen and oxygen atoms in total. The van der Waals surface area contributed by atoms with Gasteiger partial charge in [0.05, 0.1) is 0 Å². The van der Waals surface area contributed by atoms with E-state index in [0.717, 1.165) is 0 Å². The Kier molecular flexibility index (Phi) is 47.3. The highest BCUT2D eigenvalue weighted by atomic mass is 16.3. The maximum Gasteiger partial charge on any atom is 0.0484 e. The number of unbranched alkanes of at least 4 members (excludes halogenated alkanes) is 44. The molecule has 0 saturated heterocycles. The SMILES string of the molecule is CCCCCCCCCCCCCCCCCCCCCCCCCCC(C)(CO)CCCCCCCCCCCCCCCCCCCCCCCC. The van der Waals surface area contributed by atoms with Crippen LogP contribution in [0.1, 0.15) is 329 Å². The molecule has 0 aliphatic rings. The van der Waals surface area contributed by atoms with Crippen molar-refractivity contribution < 1.29 is 5.11 Å². The third kappa shape index (κ3) is 44.7. The molecule has 0 radical (unpaired) electrons. The molecule has 0 bridgehead atoms. The Morgan fingerprint density at radius 1 is 0.222 bits per heavy atom. The van der Waals surface area contributed by atoms with E-state index in [1.165, 1.54) is 308 Å². The summed E-state index contributed by atoms with van der Waals surface area (Å²) < 4.78 is 0. The molecule has 0 fully saturated rings. The van der Waals surface area contributed by atoms with Gasteiger partial charge in [-0.1, -0.05) is 316 Å². The number of hydrogen-bond donors (Lipinski definition) is 1. The van der Waals surface area contributed by atoms with E-state index in [4.69, 9.17) is 0 Å². The lowest BCUT2D eigenvalue weighted by atomic mass is 9.80. The Labute approximate surface area is 345 Å². The van der Waals surface area contributed by atoms with Gasteiger partial charge in [0, 0.05) is 6.61 Å². The van der Waals surface area contributed by atoms with Crippen LogP contribution < -0.4 is 0 Å².